The van der Waals surface area contributed by atoms with Crippen molar-refractivity contribution >= 4 is 22.4 Å². The third-order valence-electron chi connectivity index (χ3n) is 4.16. The molecule has 2 rings (SSSR count). The lowest BCUT2D eigenvalue weighted by Gasteiger charge is -2.33. The van der Waals surface area contributed by atoms with E-state index in [-0.39, 0.29) is 23.3 Å². The molecule has 27 heavy (non-hydrogen) atoms. The van der Waals surface area contributed by atoms with Crippen LogP contribution < -0.4 is 10.1 Å². The van der Waals surface area contributed by atoms with E-state index in [0.29, 0.717) is 10.9 Å². The molecule has 1 aromatic carbocycles. The summed E-state index contributed by atoms with van der Waals surface area (Å²) in [6.45, 7) is 13.3. The van der Waals surface area contributed by atoms with Crippen LogP contribution in [0.3, 0.4) is 0 Å². The first kappa shape index (κ1) is 21.4. The number of nitrogens with one attached hydrogen (secondary N) is 1. The van der Waals surface area contributed by atoms with Crippen LogP contribution in [0, 0.1) is 5.41 Å². The standard InChI is InChI=1S/C21H31N3O2S/c1-7-8-18-23-24-19(27-18)22-17(25)13-26-16-11-9-15(10-12-16)21(5,6)14-20(2,3)4/h9-12H,7-8,13-14H2,1-6H3,(H,22,24,25). The van der Waals surface area contributed by atoms with Gasteiger partial charge in [0.05, 0.1) is 0 Å². The Morgan fingerprint density at radius 3 is 2.37 bits per heavy atom. The minimum absolute atomic E-state index is 0.0482. The number of hydrogen-bond donors (Lipinski definition) is 1. The van der Waals surface area contributed by atoms with Gasteiger partial charge in [0.25, 0.3) is 5.91 Å². The Labute approximate surface area is 166 Å². The number of carbonyl (C=O) groups excluding carboxylic acids is 1. The van der Waals surface area contributed by atoms with Crippen molar-refractivity contribution in [1.82, 2.24) is 10.2 Å². The van der Waals surface area contributed by atoms with E-state index in [9.17, 15) is 4.79 Å². The maximum atomic E-state index is 12.0. The van der Waals surface area contributed by atoms with Gasteiger partial charge >= 0.3 is 0 Å². The van der Waals surface area contributed by atoms with Gasteiger partial charge in [-0.3, -0.25) is 10.1 Å². The van der Waals surface area contributed by atoms with E-state index in [1.165, 1.54) is 16.9 Å². The van der Waals surface area contributed by atoms with Gasteiger partial charge in [0.2, 0.25) is 5.13 Å². The molecule has 148 valence electrons. The van der Waals surface area contributed by atoms with Crippen LogP contribution in [0.25, 0.3) is 0 Å². The Balaban J connectivity index is 1.87. The van der Waals surface area contributed by atoms with E-state index in [1.54, 1.807) is 0 Å². The van der Waals surface area contributed by atoms with Crippen molar-refractivity contribution in [3.05, 3.63) is 34.8 Å². The summed E-state index contributed by atoms with van der Waals surface area (Å²) in [7, 11) is 0. The molecule has 1 aromatic heterocycles. The first-order valence-corrected chi connectivity index (χ1v) is 10.3. The average molecular weight is 390 g/mol. The monoisotopic (exact) mass is 389 g/mol. The van der Waals surface area contributed by atoms with E-state index >= 15 is 0 Å². The summed E-state index contributed by atoms with van der Waals surface area (Å²) in [5, 5.41) is 12.2. The molecule has 0 aliphatic rings. The maximum absolute atomic E-state index is 12.0. The number of aryl methyl sites for hydroxylation is 1. The Morgan fingerprint density at radius 1 is 1.11 bits per heavy atom. The van der Waals surface area contributed by atoms with Crippen molar-refractivity contribution in [2.75, 3.05) is 11.9 Å². The summed E-state index contributed by atoms with van der Waals surface area (Å²) in [5.41, 5.74) is 1.62. The summed E-state index contributed by atoms with van der Waals surface area (Å²) in [4.78, 5) is 12.0. The zero-order valence-corrected chi connectivity index (χ0v) is 18.1. The molecule has 6 heteroatoms. The van der Waals surface area contributed by atoms with Crippen LogP contribution in [0.2, 0.25) is 0 Å². The minimum Gasteiger partial charge on any atom is -0.484 e. The summed E-state index contributed by atoms with van der Waals surface area (Å²) >= 11 is 1.41. The highest BCUT2D eigenvalue weighted by atomic mass is 32.1. The highest BCUT2D eigenvalue weighted by Gasteiger charge is 2.27. The van der Waals surface area contributed by atoms with E-state index in [4.69, 9.17) is 4.74 Å². The van der Waals surface area contributed by atoms with E-state index in [1.807, 2.05) is 12.1 Å². The van der Waals surface area contributed by atoms with Crippen LogP contribution in [0.15, 0.2) is 24.3 Å². The van der Waals surface area contributed by atoms with Crippen molar-refractivity contribution in [2.24, 2.45) is 5.41 Å². The molecule has 0 atom stereocenters. The summed E-state index contributed by atoms with van der Waals surface area (Å²) < 4.78 is 5.61. The molecular formula is C21H31N3O2S. The van der Waals surface area contributed by atoms with Crippen LogP contribution in [0.5, 0.6) is 5.75 Å². The van der Waals surface area contributed by atoms with Crippen molar-refractivity contribution in [3.63, 3.8) is 0 Å². The van der Waals surface area contributed by atoms with Gasteiger partial charge in [-0.25, -0.2) is 0 Å². The number of anilines is 1. The van der Waals surface area contributed by atoms with Crippen molar-refractivity contribution in [3.8, 4) is 5.75 Å². The lowest BCUT2D eigenvalue weighted by molar-refractivity contribution is -0.118. The van der Waals surface area contributed by atoms with Gasteiger partial charge in [-0.15, -0.1) is 10.2 Å². The summed E-state index contributed by atoms with van der Waals surface area (Å²) in [6, 6.07) is 8.02. The van der Waals surface area contributed by atoms with Crippen LogP contribution >= 0.6 is 11.3 Å². The van der Waals surface area contributed by atoms with Crippen molar-refractivity contribution in [1.29, 1.82) is 0 Å². The van der Waals surface area contributed by atoms with Crippen molar-refractivity contribution in [2.45, 2.75) is 66.2 Å². The smallest absolute Gasteiger partial charge is 0.264 e. The molecule has 2 aromatic rings. The van der Waals surface area contributed by atoms with Gasteiger partial charge in [-0.1, -0.05) is 65.0 Å². The molecule has 0 fully saturated rings. The average Bonchev–Trinajstić information content (AvgIpc) is 2.98. The highest BCUT2D eigenvalue weighted by molar-refractivity contribution is 7.15. The van der Waals surface area contributed by atoms with Crippen LogP contribution in [0.1, 0.15) is 65.0 Å². The topological polar surface area (TPSA) is 64.1 Å². The van der Waals surface area contributed by atoms with E-state index in [2.05, 4.69) is 69.2 Å². The third-order valence-corrected chi connectivity index (χ3v) is 5.05. The number of ether oxygens (including phenoxy) is 1. The lowest BCUT2D eigenvalue weighted by Crippen LogP contribution is -2.24. The summed E-state index contributed by atoms with van der Waals surface area (Å²) in [5.74, 6) is 0.454. The number of nitrogens with zero attached hydrogens (tertiary/aromatic N) is 2. The zero-order valence-electron chi connectivity index (χ0n) is 17.3. The predicted molar refractivity (Wildman–Crippen MR) is 112 cm³/mol. The molecule has 5 nitrogen and oxygen atoms in total. The molecule has 0 saturated carbocycles. The minimum atomic E-state index is -0.230. The fraction of sp³-hybridized carbons (Fsp3) is 0.571. The second kappa shape index (κ2) is 8.83. The molecule has 1 N–H and O–H groups in total. The SMILES string of the molecule is CCCc1nnc(NC(=O)COc2ccc(C(C)(C)CC(C)(C)C)cc2)s1. The van der Waals surface area contributed by atoms with E-state index in [0.717, 1.165) is 24.3 Å². The van der Waals surface area contributed by atoms with Gasteiger partial charge in [0.15, 0.2) is 6.61 Å². The number of carbonyl (C=O) groups is 1. The predicted octanol–water partition coefficient (Wildman–Crippen LogP) is 5.22. The second-order valence-electron chi connectivity index (χ2n) is 8.73. The summed E-state index contributed by atoms with van der Waals surface area (Å²) in [6.07, 6.45) is 2.97. The molecule has 0 spiro atoms. The zero-order chi connectivity index (χ0) is 20.1. The number of amides is 1. The van der Waals surface area contributed by atoms with Gasteiger partial charge in [-0.05, 0) is 41.4 Å². The van der Waals surface area contributed by atoms with Crippen molar-refractivity contribution < 1.29 is 9.53 Å². The Hall–Kier alpha value is -1.95. The molecular weight excluding hydrogens is 358 g/mol. The van der Waals surface area contributed by atoms with Crippen LogP contribution in [0.4, 0.5) is 5.13 Å². The van der Waals surface area contributed by atoms with Gasteiger partial charge in [-0.2, -0.15) is 0 Å². The Bertz CT molecular complexity index is 746. The molecule has 0 aliphatic heterocycles. The first-order valence-electron chi connectivity index (χ1n) is 9.45. The second-order valence-corrected chi connectivity index (χ2v) is 9.80. The normalized spacial score (nSPS) is 12.1. The van der Waals surface area contributed by atoms with Gasteiger partial charge in [0.1, 0.15) is 10.8 Å². The fourth-order valence-electron chi connectivity index (χ4n) is 3.35. The number of rotatable bonds is 8. The number of benzene rings is 1. The largest absolute Gasteiger partial charge is 0.484 e. The first-order chi connectivity index (χ1) is 12.6. The van der Waals surface area contributed by atoms with Crippen LogP contribution in [-0.2, 0) is 16.6 Å². The van der Waals surface area contributed by atoms with Crippen LogP contribution in [-0.4, -0.2) is 22.7 Å². The van der Waals surface area contributed by atoms with Gasteiger partial charge in [0, 0.05) is 6.42 Å². The third kappa shape index (κ3) is 6.94. The molecule has 0 bridgehead atoms. The highest BCUT2D eigenvalue weighted by Crippen LogP contribution is 2.36. The molecule has 1 amide bonds. The lowest BCUT2D eigenvalue weighted by atomic mass is 9.72. The molecule has 1 heterocycles. The fourth-order valence-corrected chi connectivity index (χ4v) is 4.21. The quantitative estimate of drug-likeness (QED) is 0.672. The number of aromatic nitrogens is 2. The Kier molecular flexibility index (Phi) is 6.98. The molecule has 0 radical (unpaired) electrons. The number of hydrogen-bond acceptors (Lipinski definition) is 5. The Morgan fingerprint density at radius 2 is 1.78 bits per heavy atom. The van der Waals surface area contributed by atoms with Gasteiger partial charge < -0.3 is 4.74 Å². The van der Waals surface area contributed by atoms with E-state index < -0.39 is 0 Å². The maximum Gasteiger partial charge on any atom is 0.264 e. The molecule has 0 aliphatic carbocycles. The molecule has 0 saturated heterocycles. The molecule has 0 unspecified atom stereocenters.